The van der Waals surface area contributed by atoms with E-state index in [1.165, 1.54) is 11.8 Å². The largest absolute Gasteiger partial charge is 0.453 e. The Kier molecular flexibility index (Phi) is 8.26. The highest BCUT2D eigenvalue weighted by atomic mass is 16.5. The third-order valence-corrected chi connectivity index (χ3v) is 7.42. The number of aromatic nitrogens is 2. The fraction of sp³-hybridized carbons (Fsp3) is 0.206. The Balaban J connectivity index is 1.24. The van der Waals surface area contributed by atoms with Crippen molar-refractivity contribution in [1.82, 2.24) is 14.9 Å². The number of rotatable bonds is 7. The first-order valence-electron chi connectivity index (χ1n) is 14.5. The number of Topliss-reactive ketones (excluding diaryl/α,β-unsaturated/α-hetero) is 1. The van der Waals surface area contributed by atoms with Crippen LogP contribution in [-0.2, 0) is 4.74 Å². The van der Waals surface area contributed by atoms with Crippen molar-refractivity contribution in [3.63, 3.8) is 0 Å². The summed E-state index contributed by atoms with van der Waals surface area (Å²) < 4.78 is 11.3. The summed E-state index contributed by atoms with van der Waals surface area (Å²) in [6.07, 6.45) is 0. The predicted molar refractivity (Wildman–Crippen MR) is 173 cm³/mol. The number of carbonyl (C=O) groups is 3. The summed E-state index contributed by atoms with van der Waals surface area (Å²) >= 11 is 0. The molecule has 1 saturated heterocycles. The molecule has 3 amide bonds. The molecule has 0 bridgehead atoms. The molecule has 0 radical (unpaired) electrons. The lowest BCUT2D eigenvalue weighted by atomic mass is 10.1. The van der Waals surface area contributed by atoms with E-state index in [4.69, 9.17) is 19.1 Å². The molecule has 0 aliphatic carbocycles. The Morgan fingerprint density at radius 1 is 0.800 bits per heavy atom. The minimum atomic E-state index is -0.413. The van der Waals surface area contributed by atoms with Crippen molar-refractivity contribution in [3.05, 3.63) is 90.2 Å². The molecular weight excluding hydrogens is 572 g/mol. The highest BCUT2D eigenvalue weighted by Gasteiger charge is 2.19. The summed E-state index contributed by atoms with van der Waals surface area (Å²) in [5.41, 5.74) is 4.00. The van der Waals surface area contributed by atoms with Gasteiger partial charge >= 0.3 is 6.03 Å². The van der Waals surface area contributed by atoms with Crippen LogP contribution in [-0.4, -0.2) is 73.0 Å². The third-order valence-electron chi connectivity index (χ3n) is 7.42. The number of urea groups is 1. The summed E-state index contributed by atoms with van der Waals surface area (Å²) in [4.78, 5) is 50.1. The minimum Gasteiger partial charge on any atom is -0.453 e. The monoisotopic (exact) mass is 604 g/mol. The van der Waals surface area contributed by atoms with Gasteiger partial charge in [-0.1, -0.05) is 6.07 Å². The molecule has 3 heterocycles. The fourth-order valence-corrected chi connectivity index (χ4v) is 5.04. The second-order valence-corrected chi connectivity index (χ2v) is 10.9. The van der Waals surface area contributed by atoms with Gasteiger partial charge in [-0.3, -0.25) is 9.59 Å². The van der Waals surface area contributed by atoms with Crippen molar-refractivity contribution in [2.75, 3.05) is 55.9 Å². The lowest BCUT2D eigenvalue weighted by Gasteiger charge is -2.29. The first-order valence-corrected chi connectivity index (χ1v) is 14.5. The van der Waals surface area contributed by atoms with Gasteiger partial charge in [-0.2, -0.15) is 0 Å². The number of nitrogens with one attached hydrogen (secondary N) is 2. The molecule has 3 aromatic carbocycles. The molecule has 1 aliphatic heterocycles. The van der Waals surface area contributed by atoms with E-state index in [1.54, 1.807) is 62.6 Å². The van der Waals surface area contributed by atoms with Crippen molar-refractivity contribution in [2.45, 2.75) is 6.92 Å². The Labute approximate surface area is 259 Å². The molecule has 2 aromatic heterocycles. The minimum absolute atomic E-state index is 0.111. The zero-order valence-corrected chi connectivity index (χ0v) is 25.2. The van der Waals surface area contributed by atoms with Crippen molar-refractivity contribution in [2.24, 2.45) is 0 Å². The maximum Gasteiger partial charge on any atom is 0.323 e. The van der Waals surface area contributed by atoms with E-state index in [9.17, 15) is 14.4 Å². The fourth-order valence-electron chi connectivity index (χ4n) is 5.04. The van der Waals surface area contributed by atoms with Crippen LogP contribution in [0.15, 0.2) is 83.3 Å². The molecule has 0 saturated carbocycles. The van der Waals surface area contributed by atoms with Crippen LogP contribution >= 0.6 is 0 Å². The van der Waals surface area contributed by atoms with Gasteiger partial charge < -0.3 is 29.6 Å². The van der Waals surface area contributed by atoms with Crippen molar-refractivity contribution in [3.8, 4) is 22.7 Å². The van der Waals surface area contributed by atoms with Crippen molar-refractivity contribution in [1.29, 1.82) is 0 Å². The smallest absolute Gasteiger partial charge is 0.323 e. The van der Waals surface area contributed by atoms with Gasteiger partial charge in [-0.15, -0.1) is 0 Å². The van der Waals surface area contributed by atoms with Gasteiger partial charge in [0.05, 0.1) is 18.7 Å². The normalized spacial score (nSPS) is 13.0. The van der Waals surface area contributed by atoms with Crippen LogP contribution in [0.2, 0.25) is 0 Å². The zero-order chi connectivity index (χ0) is 31.5. The van der Waals surface area contributed by atoms with Crippen LogP contribution < -0.4 is 15.5 Å². The average Bonchev–Trinajstić information content (AvgIpc) is 3.56. The second kappa shape index (κ2) is 12.6. The lowest BCUT2D eigenvalue weighted by molar-refractivity contribution is 0.0827. The van der Waals surface area contributed by atoms with Gasteiger partial charge in [0.15, 0.2) is 17.4 Å². The first kappa shape index (κ1) is 29.5. The van der Waals surface area contributed by atoms with E-state index in [0.717, 1.165) is 27.8 Å². The van der Waals surface area contributed by atoms with Crippen molar-refractivity contribution < 1.29 is 23.5 Å². The number of carbonyl (C=O) groups excluding carboxylic acids is 3. The van der Waals surface area contributed by atoms with E-state index < -0.39 is 6.03 Å². The quantitative estimate of drug-likeness (QED) is 0.218. The van der Waals surface area contributed by atoms with E-state index in [-0.39, 0.29) is 11.7 Å². The molecule has 228 valence electrons. The number of benzene rings is 3. The molecule has 45 heavy (non-hydrogen) atoms. The van der Waals surface area contributed by atoms with E-state index >= 15 is 0 Å². The number of morpholine rings is 1. The summed E-state index contributed by atoms with van der Waals surface area (Å²) in [7, 11) is 3.38. The topological polar surface area (TPSA) is 130 Å². The number of hydrogen-bond donors (Lipinski definition) is 2. The Hall–Kier alpha value is -5.55. The predicted octanol–water partition coefficient (Wildman–Crippen LogP) is 5.94. The van der Waals surface area contributed by atoms with Crippen LogP contribution in [0.4, 0.5) is 22.0 Å². The molecule has 5 aromatic rings. The second-order valence-electron chi connectivity index (χ2n) is 10.9. The van der Waals surface area contributed by atoms with Crippen LogP contribution in [0.5, 0.6) is 0 Å². The number of hydrogen-bond acceptors (Lipinski definition) is 8. The number of nitrogens with zero attached hydrogens (tertiary/aromatic N) is 4. The molecule has 0 spiro atoms. The maximum atomic E-state index is 12.7. The SMILES string of the molecule is CC(=O)c1ccc(-c2ccc3c(N4CCOCC4)nc(-c4ccc(NC(=O)Nc5ccc(C(=O)N(C)C)cc5)cc4)nc3c2)o1. The van der Waals surface area contributed by atoms with Crippen LogP contribution in [0.25, 0.3) is 33.6 Å². The Morgan fingerprint density at radius 2 is 1.44 bits per heavy atom. The maximum absolute atomic E-state index is 12.7. The zero-order valence-electron chi connectivity index (χ0n) is 25.2. The van der Waals surface area contributed by atoms with Crippen molar-refractivity contribution >= 4 is 45.8 Å². The summed E-state index contributed by atoms with van der Waals surface area (Å²) in [5, 5.41) is 6.51. The average molecular weight is 605 g/mol. The molecule has 6 rings (SSSR count). The van der Waals surface area contributed by atoms with Gasteiger partial charge in [-0.05, 0) is 72.8 Å². The van der Waals surface area contributed by atoms with Gasteiger partial charge in [0.1, 0.15) is 11.6 Å². The molecular formula is C34H32N6O5. The molecule has 1 aliphatic rings. The summed E-state index contributed by atoms with van der Waals surface area (Å²) in [5.74, 6) is 1.99. The number of amides is 3. The van der Waals surface area contributed by atoms with E-state index in [0.29, 0.717) is 60.6 Å². The molecule has 11 nitrogen and oxygen atoms in total. The Bertz CT molecular complexity index is 1880. The number of fused-ring (bicyclic) bond motifs is 1. The molecule has 0 unspecified atom stereocenters. The number of ketones is 1. The highest BCUT2D eigenvalue weighted by Crippen LogP contribution is 2.32. The highest BCUT2D eigenvalue weighted by molar-refractivity contribution is 6.01. The molecule has 2 N–H and O–H groups in total. The summed E-state index contributed by atoms with van der Waals surface area (Å²) in [6.45, 7) is 4.11. The lowest BCUT2D eigenvalue weighted by Crippen LogP contribution is -2.37. The van der Waals surface area contributed by atoms with Gasteiger partial charge in [0, 0.05) is 67.6 Å². The van der Waals surface area contributed by atoms with Crippen LogP contribution in [0.3, 0.4) is 0 Å². The third kappa shape index (κ3) is 6.53. The van der Waals surface area contributed by atoms with Gasteiger partial charge in [-0.25, -0.2) is 14.8 Å². The van der Waals surface area contributed by atoms with Gasteiger partial charge in [0.2, 0.25) is 0 Å². The summed E-state index contributed by atoms with van der Waals surface area (Å²) in [6, 6.07) is 22.9. The van der Waals surface area contributed by atoms with E-state index in [2.05, 4.69) is 15.5 Å². The van der Waals surface area contributed by atoms with Crippen LogP contribution in [0, 0.1) is 0 Å². The molecule has 11 heteroatoms. The number of anilines is 3. The van der Waals surface area contributed by atoms with E-state index in [1.807, 2.05) is 30.3 Å². The Morgan fingerprint density at radius 3 is 2.07 bits per heavy atom. The van der Waals surface area contributed by atoms with Gasteiger partial charge in [0.25, 0.3) is 5.91 Å². The number of furan rings is 1. The van der Waals surface area contributed by atoms with Crippen LogP contribution in [0.1, 0.15) is 27.8 Å². The number of ether oxygens (including phenoxy) is 1. The molecule has 1 fully saturated rings. The molecule has 0 atom stereocenters. The standard InChI is InChI=1S/C34H32N6O5/c1-21(41)29-14-15-30(45-29)24-8-13-27-28(20-24)37-31(38-32(27)40-16-18-44-19-17-40)22-4-9-25(10-5-22)35-34(43)36-26-11-6-23(7-12-26)33(42)39(2)3/h4-15,20H,16-19H2,1-3H3,(H2,35,36,43). The first-order chi connectivity index (χ1) is 21.7.